The second-order valence-electron chi connectivity index (χ2n) is 5.87. The third-order valence-electron chi connectivity index (χ3n) is 4.62. The molecular formula is C15H21IN2O. The molecule has 0 amide bonds. The average molecular weight is 372 g/mol. The van der Waals surface area contributed by atoms with Gasteiger partial charge in [0.1, 0.15) is 5.75 Å². The summed E-state index contributed by atoms with van der Waals surface area (Å²) in [5, 5.41) is 13.3. The number of phenolic OH excluding ortho intramolecular Hbond substituents is 1. The predicted octanol–water partition coefficient (Wildman–Crippen LogP) is 2.34. The first-order valence-corrected chi connectivity index (χ1v) is 8.10. The molecule has 2 heterocycles. The van der Waals surface area contributed by atoms with Crippen molar-refractivity contribution in [2.75, 3.05) is 26.2 Å². The molecule has 0 saturated carbocycles. The number of nitrogens with one attached hydrogen (secondary N) is 1. The van der Waals surface area contributed by atoms with Crippen LogP contribution in [0.25, 0.3) is 0 Å². The number of phenols is 1. The van der Waals surface area contributed by atoms with Crippen molar-refractivity contribution in [3.8, 4) is 5.75 Å². The van der Waals surface area contributed by atoms with Crippen LogP contribution in [0, 0.1) is 5.92 Å². The Morgan fingerprint density at radius 2 is 2.32 bits per heavy atom. The van der Waals surface area contributed by atoms with Gasteiger partial charge in [0.2, 0.25) is 0 Å². The first kappa shape index (κ1) is 13.6. The van der Waals surface area contributed by atoms with E-state index in [4.69, 9.17) is 0 Å². The number of rotatable bonds is 1. The minimum Gasteiger partial charge on any atom is -0.508 e. The maximum absolute atomic E-state index is 9.75. The molecule has 2 saturated heterocycles. The van der Waals surface area contributed by atoms with Crippen LogP contribution in [0.5, 0.6) is 5.75 Å². The Bertz CT molecular complexity index is 467. The average Bonchev–Trinajstić information content (AvgIpc) is 2.40. The van der Waals surface area contributed by atoms with Crippen molar-refractivity contribution in [2.24, 2.45) is 5.92 Å². The molecule has 0 spiro atoms. The number of benzene rings is 1. The fraction of sp³-hybridized carbons (Fsp3) is 0.600. The molecule has 4 heteroatoms. The lowest BCUT2D eigenvalue weighted by molar-refractivity contribution is 0.0708. The maximum Gasteiger partial charge on any atom is 0.115 e. The van der Waals surface area contributed by atoms with Crippen LogP contribution >= 0.6 is 22.6 Å². The summed E-state index contributed by atoms with van der Waals surface area (Å²) in [6.07, 6.45) is 1.16. The Morgan fingerprint density at radius 3 is 3.11 bits per heavy atom. The molecule has 0 bridgehead atoms. The molecule has 2 aliphatic rings. The lowest BCUT2D eigenvalue weighted by atomic mass is 9.77. The summed E-state index contributed by atoms with van der Waals surface area (Å²) in [5.41, 5.74) is 1.27. The number of hydrogen-bond donors (Lipinski definition) is 2. The van der Waals surface area contributed by atoms with Crippen LogP contribution in [0.4, 0.5) is 0 Å². The lowest BCUT2D eigenvalue weighted by Crippen LogP contribution is -2.59. The van der Waals surface area contributed by atoms with E-state index in [1.54, 1.807) is 6.07 Å². The third kappa shape index (κ3) is 2.50. The summed E-state index contributed by atoms with van der Waals surface area (Å²) < 4.78 is 0.136. The van der Waals surface area contributed by atoms with E-state index in [1.807, 2.05) is 12.1 Å². The summed E-state index contributed by atoms with van der Waals surface area (Å²) in [7, 11) is 0. The fourth-order valence-electron chi connectivity index (χ4n) is 3.45. The molecule has 0 radical (unpaired) electrons. The van der Waals surface area contributed by atoms with Crippen molar-refractivity contribution in [3.63, 3.8) is 0 Å². The molecule has 104 valence electrons. The van der Waals surface area contributed by atoms with E-state index in [0.29, 0.717) is 17.7 Å². The quantitative estimate of drug-likeness (QED) is 0.587. The molecule has 1 aromatic carbocycles. The highest BCUT2D eigenvalue weighted by Gasteiger charge is 2.44. The van der Waals surface area contributed by atoms with Crippen LogP contribution < -0.4 is 5.32 Å². The van der Waals surface area contributed by atoms with Gasteiger partial charge in [0.15, 0.2) is 0 Å². The van der Waals surface area contributed by atoms with Crippen LogP contribution in [0.15, 0.2) is 24.3 Å². The second kappa shape index (κ2) is 5.22. The van der Waals surface area contributed by atoms with Crippen molar-refractivity contribution in [1.82, 2.24) is 10.2 Å². The van der Waals surface area contributed by atoms with Gasteiger partial charge in [0.25, 0.3) is 0 Å². The number of piperazine rings is 1. The van der Waals surface area contributed by atoms with E-state index < -0.39 is 0 Å². The largest absolute Gasteiger partial charge is 0.508 e. The van der Waals surface area contributed by atoms with Crippen molar-refractivity contribution < 1.29 is 5.11 Å². The molecule has 2 N–H and O–H groups in total. The van der Waals surface area contributed by atoms with Gasteiger partial charge in [0.05, 0.1) is 3.42 Å². The maximum atomic E-state index is 9.75. The normalized spacial score (nSPS) is 35.9. The zero-order chi connectivity index (χ0) is 13.5. The van der Waals surface area contributed by atoms with E-state index in [-0.39, 0.29) is 3.42 Å². The number of aromatic hydroxyl groups is 1. The molecule has 2 fully saturated rings. The van der Waals surface area contributed by atoms with Gasteiger partial charge in [-0.05, 0) is 30.0 Å². The van der Waals surface area contributed by atoms with Gasteiger partial charge in [-0.1, -0.05) is 41.6 Å². The molecular weight excluding hydrogens is 351 g/mol. The summed E-state index contributed by atoms with van der Waals surface area (Å²) in [6, 6.07) is 8.45. The highest BCUT2D eigenvalue weighted by molar-refractivity contribution is 14.1. The Kier molecular flexibility index (Phi) is 3.75. The van der Waals surface area contributed by atoms with E-state index in [1.165, 1.54) is 12.1 Å². The Morgan fingerprint density at radius 1 is 1.47 bits per heavy atom. The van der Waals surface area contributed by atoms with Crippen LogP contribution in [0.2, 0.25) is 0 Å². The van der Waals surface area contributed by atoms with Gasteiger partial charge < -0.3 is 10.4 Å². The highest BCUT2D eigenvalue weighted by Crippen LogP contribution is 2.48. The number of hydrogen-bond acceptors (Lipinski definition) is 3. The number of halogens is 1. The van der Waals surface area contributed by atoms with Gasteiger partial charge in [0, 0.05) is 32.2 Å². The van der Waals surface area contributed by atoms with Crippen LogP contribution in [0.3, 0.4) is 0 Å². The zero-order valence-electron chi connectivity index (χ0n) is 11.3. The SMILES string of the molecule is CC1CN2CCNCC2C[C@@]1(I)c1cccc(O)c1. The summed E-state index contributed by atoms with van der Waals surface area (Å²) in [4.78, 5) is 2.63. The molecule has 1 aromatic rings. The lowest BCUT2D eigenvalue weighted by Gasteiger charge is -2.50. The van der Waals surface area contributed by atoms with E-state index in [9.17, 15) is 5.11 Å². The topological polar surface area (TPSA) is 35.5 Å². The standard InChI is InChI=1S/C15H21IN2O/c1-11-10-18-6-5-17-9-13(18)8-15(11,16)12-3-2-4-14(19)7-12/h2-4,7,11,13,17,19H,5-6,8-10H2,1H3/t11?,13?,15-/m0/s1. The molecule has 0 aliphatic carbocycles. The zero-order valence-corrected chi connectivity index (χ0v) is 13.4. The molecule has 19 heavy (non-hydrogen) atoms. The fourth-order valence-corrected chi connectivity index (χ4v) is 4.49. The monoisotopic (exact) mass is 372 g/mol. The molecule has 2 unspecified atom stereocenters. The van der Waals surface area contributed by atoms with Crippen LogP contribution in [-0.2, 0) is 3.42 Å². The van der Waals surface area contributed by atoms with Gasteiger partial charge in [-0.15, -0.1) is 0 Å². The Balaban J connectivity index is 1.90. The second-order valence-corrected chi connectivity index (χ2v) is 7.80. The number of fused-ring (bicyclic) bond motifs is 1. The first-order valence-electron chi connectivity index (χ1n) is 7.03. The smallest absolute Gasteiger partial charge is 0.115 e. The van der Waals surface area contributed by atoms with Crippen molar-refractivity contribution >= 4 is 22.6 Å². The number of nitrogens with zero attached hydrogens (tertiary/aromatic N) is 1. The van der Waals surface area contributed by atoms with E-state index in [0.717, 1.165) is 26.1 Å². The third-order valence-corrected chi connectivity index (χ3v) is 6.75. The van der Waals surface area contributed by atoms with Gasteiger partial charge in [-0.3, -0.25) is 4.90 Å². The summed E-state index contributed by atoms with van der Waals surface area (Å²) in [6.45, 7) is 6.88. The van der Waals surface area contributed by atoms with Crippen molar-refractivity contribution in [2.45, 2.75) is 22.8 Å². The molecule has 3 atom stereocenters. The van der Waals surface area contributed by atoms with Crippen LogP contribution in [0.1, 0.15) is 18.9 Å². The molecule has 2 aliphatic heterocycles. The summed E-state index contributed by atoms with van der Waals surface area (Å²) in [5.74, 6) is 0.981. The highest BCUT2D eigenvalue weighted by atomic mass is 127. The van der Waals surface area contributed by atoms with Crippen LogP contribution in [-0.4, -0.2) is 42.2 Å². The number of alkyl halides is 1. The van der Waals surface area contributed by atoms with Gasteiger partial charge in [-0.2, -0.15) is 0 Å². The van der Waals surface area contributed by atoms with Crippen molar-refractivity contribution in [1.29, 1.82) is 0 Å². The molecule has 0 aromatic heterocycles. The molecule has 3 rings (SSSR count). The van der Waals surface area contributed by atoms with Gasteiger partial charge >= 0.3 is 0 Å². The Labute approximate surface area is 128 Å². The number of piperidine rings is 1. The minimum absolute atomic E-state index is 0.136. The molecule has 3 nitrogen and oxygen atoms in total. The summed E-state index contributed by atoms with van der Waals surface area (Å²) >= 11 is 2.62. The van der Waals surface area contributed by atoms with E-state index >= 15 is 0 Å². The predicted molar refractivity (Wildman–Crippen MR) is 85.8 cm³/mol. The van der Waals surface area contributed by atoms with E-state index in [2.05, 4.69) is 45.8 Å². The minimum atomic E-state index is 0.136. The first-order chi connectivity index (χ1) is 9.09. The Hall–Kier alpha value is -0.330. The van der Waals surface area contributed by atoms with Crippen molar-refractivity contribution in [3.05, 3.63) is 29.8 Å². The van der Waals surface area contributed by atoms with Gasteiger partial charge in [-0.25, -0.2) is 0 Å².